The Labute approximate surface area is 142 Å². The summed E-state index contributed by atoms with van der Waals surface area (Å²) >= 11 is 0. The second-order valence-corrected chi connectivity index (χ2v) is 6.15. The standard InChI is InChI=1S/C17H24N4O3/c1-11-7-16(19-12(2)13(11)8-18)20-14-9-23-6-5-15(14)24-10-17(22)21(3)4/h7,14-15H,5-6,9-10H2,1-4H3,(H,19,20)/t14-,15+/m1/s1. The number of amides is 1. The third kappa shape index (κ3) is 4.43. The first-order valence-electron chi connectivity index (χ1n) is 7.96. The van der Waals surface area contributed by atoms with Crippen molar-refractivity contribution in [2.75, 3.05) is 39.2 Å². The number of carbonyl (C=O) groups is 1. The zero-order valence-electron chi connectivity index (χ0n) is 14.6. The Kier molecular flexibility index (Phi) is 6.12. The molecular formula is C17H24N4O3. The van der Waals surface area contributed by atoms with Crippen LogP contribution in [0.3, 0.4) is 0 Å². The summed E-state index contributed by atoms with van der Waals surface area (Å²) in [6, 6.07) is 3.92. The van der Waals surface area contributed by atoms with Crippen molar-refractivity contribution < 1.29 is 14.3 Å². The van der Waals surface area contributed by atoms with Crippen LogP contribution in [0.4, 0.5) is 5.82 Å². The highest BCUT2D eigenvalue weighted by molar-refractivity contribution is 5.76. The Morgan fingerprint density at radius 1 is 1.54 bits per heavy atom. The summed E-state index contributed by atoms with van der Waals surface area (Å²) in [5.74, 6) is 0.621. The van der Waals surface area contributed by atoms with E-state index in [9.17, 15) is 4.79 Å². The number of aryl methyl sites for hydroxylation is 2. The van der Waals surface area contributed by atoms with E-state index in [1.807, 2.05) is 19.9 Å². The maximum atomic E-state index is 11.7. The number of nitrogens with zero attached hydrogens (tertiary/aromatic N) is 3. The zero-order chi connectivity index (χ0) is 17.7. The van der Waals surface area contributed by atoms with E-state index in [4.69, 9.17) is 14.7 Å². The highest BCUT2D eigenvalue weighted by Gasteiger charge is 2.28. The largest absolute Gasteiger partial charge is 0.379 e. The molecule has 0 aromatic carbocycles. The van der Waals surface area contributed by atoms with Crippen LogP contribution in [0.25, 0.3) is 0 Å². The summed E-state index contributed by atoms with van der Waals surface area (Å²) in [6.45, 7) is 4.85. The van der Waals surface area contributed by atoms with E-state index < -0.39 is 0 Å². The molecule has 1 aromatic heterocycles. The van der Waals surface area contributed by atoms with Crippen molar-refractivity contribution >= 4 is 11.7 Å². The van der Waals surface area contributed by atoms with E-state index in [-0.39, 0.29) is 24.7 Å². The van der Waals surface area contributed by atoms with Crippen LogP contribution in [0.2, 0.25) is 0 Å². The number of likely N-dealkylation sites (N-methyl/N-ethyl adjacent to an activating group) is 1. The summed E-state index contributed by atoms with van der Waals surface area (Å²) < 4.78 is 11.3. The van der Waals surface area contributed by atoms with Crippen molar-refractivity contribution in [2.45, 2.75) is 32.4 Å². The number of ether oxygens (including phenoxy) is 2. The molecule has 0 unspecified atom stereocenters. The molecule has 24 heavy (non-hydrogen) atoms. The Hall–Kier alpha value is -2.17. The van der Waals surface area contributed by atoms with Crippen LogP contribution in [-0.4, -0.2) is 61.9 Å². The van der Waals surface area contributed by atoms with Crippen LogP contribution in [0.15, 0.2) is 6.07 Å². The summed E-state index contributed by atoms with van der Waals surface area (Å²) in [7, 11) is 3.41. The van der Waals surface area contributed by atoms with Gasteiger partial charge in [0.25, 0.3) is 0 Å². The number of hydrogen-bond acceptors (Lipinski definition) is 6. The maximum Gasteiger partial charge on any atom is 0.248 e. The molecule has 0 aliphatic carbocycles. The second-order valence-electron chi connectivity index (χ2n) is 6.15. The average molecular weight is 332 g/mol. The summed E-state index contributed by atoms with van der Waals surface area (Å²) in [5.41, 5.74) is 2.17. The molecule has 0 bridgehead atoms. The number of nitrogens with one attached hydrogen (secondary N) is 1. The van der Waals surface area contributed by atoms with Gasteiger partial charge >= 0.3 is 0 Å². The van der Waals surface area contributed by atoms with Crippen molar-refractivity contribution in [3.05, 3.63) is 22.9 Å². The van der Waals surface area contributed by atoms with Gasteiger partial charge in [-0.3, -0.25) is 4.79 Å². The van der Waals surface area contributed by atoms with Gasteiger partial charge in [-0.15, -0.1) is 0 Å². The number of aromatic nitrogens is 1. The van der Waals surface area contributed by atoms with E-state index in [0.717, 1.165) is 5.56 Å². The second kappa shape index (κ2) is 8.08. The molecule has 1 aliphatic heterocycles. The lowest BCUT2D eigenvalue weighted by Crippen LogP contribution is -2.45. The quantitative estimate of drug-likeness (QED) is 0.873. The van der Waals surface area contributed by atoms with E-state index in [0.29, 0.717) is 36.7 Å². The summed E-state index contributed by atoms with van der Waals surface area (Å²) in [6.07, 6.45) is 0.591. The van der Waals surface area contributed by atoms with E-state index in [2.05, 4.69) is 16.4 Å². The normalized spacial score (nSPS) is 20.3. The lowest BCUT2D eigenvalue weighted by Gasteiger charge is -2.32. The molecule has 7 nitrogen and oxygen atoms in total. The number of rotatable bonds is 5. The maximum absolute atomic E-state index is 11.7. The molecule has 7 heteroatoms. The van der Waals surface area contributed by atoms with Gasteiger partial charge in [0.05, 0.1) is 30.0 Å². The Bertz CT molecular complexity index is 616. The number of nitriles is 1. The average Bonchev–Trinajstić information content (AvgIpc) is 2.53. The highest BCUT2D eigenvalue weighted by atomic mass is 16.5. The molecule has 2 atom stereocenters. The molecule has 1 aromatic rings. The Balaban J connectivity index is 2.06. The number of hydrogen-bond donors (Lipinski definition) is 1. The topological polar surface area (TPSA) is 87.5 Å². The van der Waals surface area contributed by atoms with Crippen molar-refractivity contribution in [3.63, 3.8) is 0 Å². The SMILES string of the molecule is Cc1cc(N[C@@H]2COCC[C@@H]2OCC(=O)N(C)C)nc(C)c1C#N. The molecule has 2 rings (SSSR count). The van der Waals surface area contributed by atoms with E-state index in [1.165, 1.54) is 4.90 Å². The van der Waals surface area contributed by atoms with Crippen LogP contribution in [0, 0.1) is 25.2 Å². The van der Waals surface area contributed by atoms with Crippen LogP contribution in [0.1, 0.15) is 23.2 Å². The van der Waals surface area contributed by atoms with Gasteiger partial charge in [0.1, 0.15) is 18.5 Å². The number of pyridine rings is 1. The first-order valence-corrected chi connectivity index (χ1v) is 7.96. The van der Waals surface area contributed by atoms with Crippen LogP contribution in [-0.2, 0) is 14.3 Å². The fourth-order valence-electron chi connectivity index (χ4n) is 2.62. The minimum atomic E-state index is -0.124. The van der Waals surface area contributed by atoms with Gasteiger partial charge in [-0.05, 0) is 31.9 Å². The highest BCUT2D eigenvalue weighted by Crippen LogP contribution is 2.20. The lowest BCUT2D eigenvalue weighted by molar-refractivity contribution is -0.138. The minimum Gasteiger partial charge on any atom is -0.379 e. The molecule has 130 valence electrons. The van der Waals surface area contributed by atoms with Gasteiger partial charge in [-0.1, -0.05) is 0 Å². The third-order valence-corrected chi connectivity index (χ3v) is 4.06. The molecule has 2 heterocycles. The Morgan fingerprint density at radius 3 is 2.92 bits per heavy atom. The zero-order valence-corrected chi connectivity index (χ0v) is 14.6. The molecule has 1 aliphatic rings. The van der Waals surface area contributed by atoms with E-state index >= 15 is 0 Å². The Morgan fingerprint density at radius 2 is 2.29 bits per heavy atom. The summed E-state index contributed by atoms with van der Waals surface area (Å²) in [4.78, 5) is 17.7. The van der Waals surface area contributed by atoms with Crippen molar-refractivity contribution in [1.82, 2.24) is 9.88 Å². The third-order valence-electron chi connectivity index (χ3n) is 4.06. The first kappa shape index (κ1) is 18.2. The van der Waals surface area contributed by atoms with Gasteiger partial charge < -0.3 is 19.7 Å². The van der Waals surface area contributed by atoms with Crippen LogP contribution in [0.5, 0.6) is 0 Å². The summed E-state index contributed by atoms with van der Waals surface area (Å²) in [5, 5.41) is 12.5. The van der Waals surface area contributed by atoms with Gasteiger partial charge in [-0.25, -0.2) is 4.98 Å². The number of anilines is 1. The predicted octanol–water partition coefficient (Wildman–Crippen LogP) is 1.24. The molecule has 0 saturated carbocycles. The van der Waals surface area contributed by atoms with Crippen molar-refractivity contribution in [2.24, 2.45) is 0 Å². The molecule has 1 amide bonds. The molecule has 1 saturated heterocycles. The molecular weight excluding hydrogens is 308 g/mol. The van der Waals surface area contributed by atoms with Gasteiger partial charge in [0.2, 0.25) is 5.91 Å². The molecule has 1 N–H and O–H groups in total. The lowest BCUT2D eigenvalue weighted by atomic mass is 10.1. The number of carbonyl (C=O) groups excluding carboxylic acids is 1. The molecule has 0 spiro atoms. The monoisotopic (exact) mass is 332 g/mol. The van der Waals surface area contributed by atoms with Crippen LogP contribution < -0.4 is 5.32 Å². The molecule has 1 fully saturated rings. The fourth-order valence-corrected chi connectivity index (χ4v) is 2.62. The van der Waals surface area contributed by atoms with Gasteiger partial charge in [-0.2, -0.15) is 5.26 Å². The first-order chi connectivity index (χ1) is 11.4. The van der Waals surface area contributed by atoms with Crippen LogP contribution >= 0.6 is 0 Å². The smallest absolute Gasteiger partial charge is 0.248 e. The van der Waals surface area contributed by atoms with Gasteiger partial charge in [0.15, 0.2) is 0 Å². The molecule has 0 radical (unpaired) electrons. The van der Waals surface area contributed by atoms with Crippen molar-refractivity contribution in [3.8, 4) is 6.07 Å². The van der Waals surface area contributed by atoms with Gasteiger partial charge in [0, 0.05) is 20.7 Å². The predicted molar refractivity (Wildman–Crippen MR) is 89.7 cm³/mol. The minimum absolute atomic E-state index is 0.0503. The van der Waals surface area contributed by atoms with E-state index in [1.54, 1.807) is 14.1 Å². The van der Waals surface area contributed by atoms with Crippen molar-refractivity contribution in [1.29, 1.82) is 5.26 Å². The fraction of sp³-hybridized carbons (Fsp3) is 0.588.